The number of amides is 1. The van der Waals surface area contributed by atoms with Crippen LogP contribution in [0.1, 0.15) is 45.6 Å². The molecule has 1 aromatic carbocycles. The number of allylic oxidation sites excluding steroid dienone is 3. The van der Waals surface area contributed by atoms with Crippen LogP contribution in [0.25, 0.3) is 0 Å². The monoisotopic (exact) mass is 483 g/mol. The average Bonchev–Trinajstić information content (AvgIpc) is 2.99. The van der Waals surface area contributed by atoms with Crippen molar-refractivity contribution in [2.45, 2.75) is 51.3 Å². The summed E-state index contributed by atoms with van der Waals surface area (Å²) in [5, 5.41) is 8.87. The Hall–Kier alpha value is -2.87. The SMILES string of the molecule is CC1=C[C@@H](c2cccc3c2OCCO3)C2=C3C1=COC[C@H](C(C)(C)C)N3C(=O)[C@H](CC(=O)O)S2. The van der Waals surface area contributed by atoms with E-state index in [0.29, 0.717) is 31.3 Å². The Morgan fingerprint density at radius 1 is 1.24 bits per heavy atom. The first-order valence-electron chi connectivity index (χ1n) is 11.5. The third-order valence-electron chi connectivity index (χ3n) is 6.69. The number of nitrogens with zero attached hydrogens (tertiary/aromatic N) is 1. The molecule has 1 amide bonds. The molecule has 34 heavy (non-hydrogen) atoms. The molecule has 3 aliphatic heterocycles. The van der Waals surface area contributed by atoms with Crippen LogP contribution in [-0.2, 0) is 14.3 Å². The Kier molecular flexibility index (Phi) is 5.67. The molecule has 0 unspecified atom stereocenters. The molecule has 0 radical (unpaired) electrons. The van der Waals surface area contributed by atoms with Crippen LogP contribution in [0, 0.1) is 5.41 Å². The molecule has 5 rings (SSSR count). The number of thioether (sulfide) groups is 1. The van der Waals surface area contributed by atoms with Gasteiger partial charge in [0, 0.05) is 22.0 Å². The summed E-state index contributed by atoms with van der Waals surface area (Å²) >= 11 is 1.36. The molecule has 0 aromatic heterocycles. The average molecular weight is 484 g/mol. The molecular weight excluding hydrogens is 454 g/mol. The lowest BCUT2D eigenvalue weighted by Gasteiger charge is -2.46. The van der Waals surface area contributed by atoms with Gasteiger partial charge in [-0.25, -0.2) is 0 Å². The minimum Gasteiger partial charge on any atom is -0.498 e. The lowest BCUT2D eigenvalue weighted by molar-refractivity contribution is -0.141. The van der Waals surface area contributed by atoms with Crippen molar-refractivity contribution >= 4 is 23.6 Å². The van der Waals surface area contributed by atoms with Crippen molar-refractivity contribution in [2.75, 3.05) is 19.8 Å². The van der Waals surface area contributed by atoms with Gasteiger partial charge in [-0.05, 0) is 24.0 Å². The van der Waals surface area contributed by atoms with Gasteiger partial charge >= 0.3 is 5.97 Å². The Morgan fingerprint density at radius 3 is 2.74 bits per heavy atom. The number of hydrogen-bond donors (Lipinski definition) is 1. The second-order valence-corrected chi connectivity index (χ2v) is 11.3. The predicted octanol–water partition coefficient (Wildman–Crippen LogP) is 4.46. The van der Waals surface area contributed by atoms with Crippen LogP contribution < -0.4 is 9.47 Å². The molecule has 1 aliphatic carbocycles. The number of rotatable bonds is 3. The zero-order valence-corrected chi connectivity index (χ0v) is 20.6. The van der Waals surface area contributed by atoms with E-state index in [1.165, 1.54) is 11.8 Å². The van der Waals surface area contributed by atoms with Gasteiger partial charge in [0.05, 0.1) is 29.7 Å². The third kappa shape index (κ3) is 3.78. The van der Waals surface area contributed by atoms with E-state index in [-0.39, 0.29) is 29.7 Å². The van der Waals surface area contributed by atoms with E-state index < -0.39 is 11.2 Å². The first kappa shape index (κ1) is 22.9. The molecular formula is C26H29NO6S. The number of benzene rings is 1. The maximum Gasteiger partial charge on any atom is 0.305 e. The summed E-state index contributed by atoms with van der Waals surface area (Å²) in [4.78, 5) is 28.3. The lowest BCUT2D eigenvalue weighted by Crippen LogP contribution is -2.54. The Bertz CT molecular complexity index is 1140. The Balaban J connectivity index is 1.72. The van der Waals surface area contributed by atoms with Crippen LogP contribution in [-0.4, -0.2) is 53.0 Å². The maximum absolute atomic E-state index is 13.8. The molecule has 0 saturated heterocycles. The molecule has 4 aliphatic rings. The number of hydrogen-bond acceptors (Lipinski definition) is 6. The molecule has 1 N–H and O–H groups in total. The predicted molar refractivity (Wildman–Crippen MR) is 129 cm³/mol. The maximum atomic E-state index is 13.8. The van der Waals surface area contributed by atoms with Gasteiger partial charge < -0.3 is 24.2 Å². The fourth-order valence-electron chi connectivity index (χ4n) is 4.98. The first-order valence-corrected chi connectivity index (χ1v) is 12.4. The molecule has 0 spiro atoms. The molecule has 8 heteroatoms. The van der Waals surface area contributed by atoms with E-state index in [1.807, 2.05) is 30.0 Å². The number of para-hydroxylation sites is 1. The third-order valence-corrected chi connectivity index (χ3v) is 8.05. The number of carboxylic acid groups (broad SMARTS) is 1. The number of carbonyl (C=O) groups is 2. The van der Waals surface area contributed by atoms with Crippen molar-refractivity contribution in [3.8, 4) is 11.5 Å². The van der Waals surface area contributed by atoms with Gasteiger partial charge in [0.2, 0.25) is 5.91 Å². The second kappa shape index (κ2) is 8.41. The van der Waals surface area contributed by atoms with Crippen LogP contribution >= 0.6 is 11.8 Å². The second-order valence-electron chi connectivity index (χ2n) is 10.1. The fourth-order valence-corrected chi connectivity index (χ4v) is 6.39. The van der Waals surface area contributed by atoms with Crippen molar-refractivity contribution in [3.05, 3.63) is 57.8 Å². The van der Waals surface area contributed by atoms with E-state index in [2.05, 4.69) is 26.8 Å². The minimum absolute atomic E-state index is 0.175. The molecule has 0 fully saturated rings. The smallest absolute Gasteiger partial charge is 0.305 e. The van der Waals surface area contributed by atoms with Crippen LogP contribution in [0.5, 0.6) is 11.5 Å². The molecule has 7 nitrogen and oxygen atoms in total. The normalized spacial score (nSPS) is 26.2. The summed E-state index contributed by atoms with van der Waals surface area (Å²) in [5.41, 5.74) is 3.37. The summed E-state index contributed by atoms with van der Waals surface area (Å²) in [6.07, 6.45) is 3.66. The highest BCUT2D eigenvalue weighted by Crippen LogP contribution is 2.54. The number of carbonyl (C=O) groups excluding carboxylic acids is 1. The van der Waals surface area contributed by atoms with Crippen molar-refractivity contribution < 1.29 is 28.9 Å². The first-order chi connectivity index (χ1) is 16.2. The van der Waals surface area contributed by atoms with Gasteiger partial charge in [0.15, 0.2) is 11.5 Å². The highest BCUT2D eigenvalue weighted by atomic mass is 32.2. The van der Waals surface area contributed by atoms with Gasteiger partial charge in [-0.15, -0.1) is 11.8 Å². The van der Waals surface area contributed by atoms with Crippen molar-refractivity contribution in [1.82, 2.24) is 4.90 Å². The number of aliphatic carboxylic acids is 1. The summed E-state index contributed by atoms with van der Waals surface area (Å²) in [5.74, 6) is 0.0516. The van der Waals surface area contributed by atoms with E-state index in [0.717, 1.165) is 27.3 Å². The molecule has 0 saturated carbocycles. The zero-order valence-electron chi connectivity index (χ0n) is 19.8. The van der Waals surface area contributed by atoms with Gasteiger partial charge in [-0.1, -0.05) is 39.0 Å². The van der Waals surface area contributed by atoms with E-state index in [9.17, 15) is 14.7 Å². The van der Waals surface area contributed by atoms with E-state index >= 15 is 0 Å². The van der Waals surface area contributed by atoms with E-state index in [4.69, 9.17) is 14.2 Å². The Labute approximate surface area is 203 Å². The van der Waals surface area contributed by atoms with Crippen molar-refractivity contribution in [1.29, 1.82) is 0 Å². The van der Waals surface area contributed by atoms with Crippen LogP contribution in [0.15, 0.2) is 52.3 Å². The summed E-state index contributed by atoms with van der Waals surface area (Å²) < 4.78 is 17.8. The van der Waals surface area contributed by atoms with Crippen LogP contribution in [0.4, 0.5) is 0 Å². The van der Waals surface area contributed by atoms with Gasteiger partial charge in [-0.2, -0.15) is 0 Å². The largest absolute Gasteiger partial charge is 0.498 e. The number of ether oxygens (including phenoxy) is 3. The fraction of sp³-hybridized carbons (Fsp3) is 0.462. The Morgan fingerprint density at radius 2 is 2.00 bits per heavy atom. The molecule has 180 valence electrons. The minimum atomic E-state index is -0.989. The quantitative estimate of drug-likeness (QED) is 0.679. The lowest BCUT2D eigenvalue weighted by atomic mass is 9.82. The number of fused-ring (bicyclic) bond motifs is 1. The standard InChI is InChI=1S/C26H29NO6S/c1-14-10-16(15-6-5-7-18-23(15)33-9-8-32-18)24-22-17(14)12-31-13-20(26(2,3)4)27(22)25(30)19(34-24)11-21(28)29/h5-7,10,12,16,19-20H,8-9,11,13H2,1-4H3,(H,28,29)/t16-,19-,20+/m0/s1. The summed E-state index contributed by atoms with van der Waals surface area (Å²) in [6.45, 7) is 9.57. The topological polar surface area (TPSA) is 85.3 Å². The highest BCUT2D eigenvalue weighted by molar-refractivity contribution is 8.04. The van der Waals surface area contributed by atoms with E-state index in [1.54, 1.807) is 6.26 Å². The van der Waals surface area contributed by atoms with Gasteiger partial charge in [0.25, 0.3) is 0 Å². The van der Waals surface area contributed by atoms with Crippen LogP contribution in [0.3, 0.4) is 0 Å². The van der Waals surface area contributed by atoms with Crippen molar-refractivity contribution in [2.24, 2.45) is 5.41 Å². The highest BCUT2D eigenvalue weighted by Gasteiger charge is 2.48. The molecule has 0 bridgehead atoms. The zero-order chi connectivity index (χ0) is 24.2. The van der Waals surface area contributed by atoms with Crippen LogP contribution in [0.2, 0.25) is 0 Å². The van der Waals surface area contributed by atoms with Gasteiger partial charge in [-0.3, -0.25) is 9.59 Å². The van der Waals surface area contributed by atoms with Crippen molar-refractivity contribution in [3.63, 3.8) is 0 Å². The number of carboxylic acids is 1. The van der Waals surface area contributed by atoms with Gasteiger partial charge in [0.1, 0.15) is 19.8 Å². The molecule has 3 heterocycles. The summed E-state index contributed by atoms with van der Waals surface area (Å²) in [6, 6.07) is 5.62. The summed E-state index contributed by atoms with van der Waals surface area (Å²) in [7, 11) is 0. The molecule has 3 atom stereocenters. The molecule has 1 aromatic rings.